The highest BCUT2D eigenvalue weighted by molar-refractivity contribution is 7.19. The first-order chi connectivity index (χ1) is 32.7. The van der Waals surface area contributed by atoms with Crippen LogP contribution in [0.3, 0.4) is 0 Å². The Balaban J connectivity index is 0.837. The van der Waals surface area contributed by atoms with E-state index in [4.69, 9.17) is 0 Å². The van der Waals surface area contributed by atoms with Gasteiger partial charge in [0.25, 0.3) is 0 Å². The van der Waals surface area contributed by atoms with Crippen molar-refractivity contribution in [3.05, 3.63) is 255 Å². The van der Waals surface area contributed by atoms with Crippen molar-refractivity contribution in [1.82, 2.24) is 0 Å². The quantitative estimate of drug-likeness (QED) is 0.135. The van der Waals surface area contributed by atoms with Crippen molar-refractivity contribution in [1.29, 1.82) is 0 Å². The van der Waals surface area contributed by atoms with Crippen molar-refractivity contribution in [2.45, 2.75) is 0 Å². The van der Waals surface area contributed by atoms with E-state index in [1.54, 1.807) is 0 Å². The molecular weight excluding hydrogens is 837 g/mol. The predicted octanol–water partition coefficient (Wildman–Crippen LogP) is 18.9. The molecule has 2 heterocycles. The average molecular weight is 879 g/mol. The molecule has 0 saturated heterocycles. The Morgan fingerprint density at radius 3 is 0.955 bits per heavy atom. The van der Waals surface area contributed by atoms with E-state index in [9.17, 15) is 0 Å². The van der Waals surface area contributed by atoms with Gasteiger partial charge in [0.2, 0.25) is 0 Å². The van der Waals surface area contributed by atoms with Gasteiger partial charge in [0.05, 0.1) is 11.4 Å². The maximum absolute atomic E-state index is 2.36. The fraction of sp³-hybridized carbons (Fsp3) is 0. The zero-order valence-electron chi connectivity index (χ0n) is 36.0. The van der Waals surface area contributed by atoms with Crippen molar-refractivity contribution in [3.8, 4) is 41.8 Å². The first kappa shape index (κ1) is 39.6. The van der Waals surface area contributed by atoms with Gasteiger partial charge in [-0.25, -0.2) is 0 Å². The molecule has 0 unspecified atom stereocenters. The van der Waals surface area contributed by atoms with Gasteiger partial charge in [-0.2, -0.15) is 0 Å². The highest BCUT2D eigenvalue weighted by Gasteiger charge is 2.19. The van der Waals surface area contributed by atoms with Crippen molar-refractivity contribution in [3.63, 3.8) is 0 Å². The molecule has 0 spiro atoms. The van der Waals surface area contributed by atoms with Gasteiger partial charge in [-0.3, -0.25) is 0 Å². The Morgan fingerprint density at radius 2 is 0.576 bits per heavy atom. The Kier molecular flexibility index (Phi) is 10.3. The Labute approximate surface area is 393 Å². The lowest BCUT2D eigenvalue weighted by Crippen LogP contribution is -2.10. The molecule has 312 valence electrons. The second-order valence-corrected chi connectivity index (χ2v) is 18.6. The third-order valence-corrected chi connectivity index (χ3v) is 14.8. The monoisotopic (exact) mass is 878 g/mol. The first-order valence-corrected chi connectivity index (χ1v) is 24.0. The third kappa shape index (κ3) is 7.33. The van der Waals surface area contributed by atoms with Gasteiger partial charge in [-0.05, 0) is 141 Å². The molecule has 0 aliphatic rings. The number of hydrogen-bond donors (Lipinski definition) is 0. The summed E-state index contributed by atoms with van der Waals surface area (Å²) < 4.78 is 0. The minimum absolute atomic E-state index is 1.13. The van der Waals surface area contributed by atoms with Crippen molar-refractivity contribution >= 4 is 89.1 Å². The molecule has 0 radical (unpaired) electrons. The summed E-state index contributed by atoms with van der Waals surface area (Å²) in [6, 6.07) is 92.3. The van der Waals surface area contributed by atoms with E-state index >= 15 is 0 Å². The van der Waals surface area contributed by atoms with Crippen LogP contribution in [0, 0.1) is 0 Å². The zero-order chi connectivity index (χ0) is 43.8. The lowest BCUT2D eigenvalue weighted by molar-refractivity contribution is 1.30. The molecular formula is C62H42N2S2. The maximum Gasteiger partial charge on any atom is 0.0540 e. The lowest BCUT2D eigenvalue weighted by Gasteiger charge is -2.27. The summed E-state index contributed by atoms with van der Waals surface area (Å²) in [4.78, 5) is 9.75. The SMILES string of the molecule is c1ccc(N(c2ccccc2)c2cccc3c(-c4ccc(-c5ccc6cc(-c7ccc(-c8cccc9c(N(c%10ccccc%10)c%10ccccc%10)cccc89)s7)ccc6c5)s4)cccc23)cc1. The van der Waals surface area contributed by atoms with Crippen molar-refractivity contribution in [2.75, 3.05) is 9.80 Å². The van der Waals surface area contributed by atoms with E-state index < -0.39 is 0 Å². The molecule has 12 aromatic rings. The fourth-order valence-electron chi connectivity index (χ4n) is 9.40. The van der Waals surface area contributed by atoms with Crippen LogP contribution in [0.1, 0.15) is 0 Å². The molecule has 0 bridgehead atoms. The minimum Gasteiger partial charge on any atom is -0.310 e. The highest BCUT2D eigenvalue weighted by Crippen LogP contribution is 2.46. The summed E-state index contributed by atoms with van der Waals surface area (Å²) in [6.07, 6.45) is 0. The number of benzene rings is 10. The number of anilines is 6. The number of nitrogens with zero attached hydrogens (tertiary/aromatic N) is 2. The molecule has 0 atom stereocenters. The molecule has 0 saturated carbocycles. The van der Waals surface area contributed by atoms with Gasteiger partial charge in [0, 0.05) is 53.0 Å². The molecule has 66 heavy (non-hydrogen) atoms. The van der Waals surface area contributed by atoms with Gasteiger partial charge >= 0.3 is 0 Å². The fourth-order valence-corrected chi connectivity index (χ4v) is 11.5. The van der Waals surface area contributed by atoms with E-state index in [1.165, 1.54) is 74.1 Å². The van der Waals surface area contributed by atoms with Crippen molar-refractivity contribution < 1.29 is 0 Å². The Morgan fingerprint density at radius 1 is 0.242 bits per heavy atom. The number of hydrogen-bond acceptors (Lipinski definition) is 4. The van der Waals surface area contributed by atoms with E-state index in [0.29, 0.717) is 0 Å². The number of thiophene rings is 2. The van der Waals surface area contributed by atoms with Crippen LogP contribution < -0.4 is 9.80 Å². The summed E-state index contributed by atoms with van der Waals surface area (Å²) >= 11 is 3.71. The molecule has 10 aromatic carbocycles. The summed E-state index contributed by atoms with van der Waals surface area (Å²) in [7, 11) is 0. The van der Waals surface area contributed by atoms with Gasteiger partial charge in [-0.15, -0.1) is 22.7 Å². The molecule has 0 N–H and O–H groups in total. The topological polar surface area (TPSA) is 6.48 Å². The predicted molar refractivity (Wildman–Crippen MR) is 286 cm³/mol. The summed E-state index contributed by atoms with van der Waals surface area (Å²) in [5.74, 6) is 0. The van der Waals surface area contributed by atoms with Crippen LogP contribution in [-0.4, -0.2) is 0 Å². The van der Waals surface area contributed by atoms with Crippen LogP contribution >= 0.6 is 22.7 Å². The Bertz CT molecular complexity index is 3330. The second kappa shape index (κ2) is 17.2. The van der Waals surface area contributed by atoms with Crippen molar-refractivity contribution in [2.24, 2.45) is 0 Å². The van der Waals surface area contributed by atoms with Gasteiger partial charge in [-0.1, -0.05) is 158 Å². The van der Waals surface area contributed by atoms with Gasteiger partial charge in [0.15, 0.2) is 0 Å². The van der Waals surface area contributed by atoms with Crippen LogP contribution in [0.5, 0.6) is 0 Å². The number of para-hydroxylation sites is 4. The molecule has 12 rings (SSSR count). The van der Waals surface area contributed by atoms with E-state index in [0.717, 1.165) is 34.1 Å². The molecule has 0 amide bonds. The third-order valence-electron chi connectivity index (χ3n) is 12.5. The highest BCUT2D eigenvalue weighted by atomic mass is 32.1. The average Bonchev–Trinajstić information content (AvgIpc) is 4.09. The summed E-state index contributed by atoms with van der Waals surface area (Å²) in [5.41, 5.74) is 11.8. The molecule has 0 fully saturated rings. The lowest BCUT2D eigenvalue weighted by atomic mass is 10.0. The van der Waals surface area contributed by atoms with Gasteiger partial charge < -0.3 is 9.80 Å². The standard InChI is InChI=1S/C62H42N2S2/c1-5-17-47(18-6-1)63(48-19-7-2-8-20-48)57-31-15-25-51-53(57)27-13-29-55(51)61-39-37-59(65-61)45-35-33-44-42-46(36-34-43(44)41-45)60-38-40-62(66-60)56-30-14-28-54-52(56)26-16-32-58(54)64(49-21-9-3-10-22-49)50-23-11-4-12-24-50/h1-42H. The van der Waals surface area contributed by atoms with Gasteiger partial charge in [0.1, 0.15) is 0 Å². The summed E-state index contributed by atoms with van der Waals surface area (Å²) in [6.45, 7) is 0. The zero-order valence-corrected chi connectivity index (χ0v) is 37.6. The normalized spacial score (nSPS) is 11.3. The largest absolute Gasteiger partial charge is 0.310 e. The van der Waals surface area contributed by atoms with Crippen LogP contribution in [-0.2, 0) is 0 Å². The molecule has 2 nitrogen and oxygen atoms in total. The summed E-state index contributed by atoms with van der Waals surface area (Å²) in [5, 5.41) is 7.40. The van der Waals surface area contributed by atoms with E-state index in [-0.39, 0.29) is 0 Å². The number of rotatable bonds is 10. The molecule has 0 aliphatic heterocycles. The van der Waals surface area contributed by atoms with Crippen LogP contribution in [0.4, 0.5) is 34.1 Å². The Hall–Kier alpha value is -8.02. The minimum atomic E-state index is 1.13. The van der Waals surface area contributed by atoms with Crippen LogP contribution in [0.25, 0.3) is 74.1 Å². The smallest absolute Gasteiger partial charge is 0.0540 e. The molecule has 2 aromatic heterocycles. The first-order valence-electron chi connectivity index (χ1n) is 22.3. The second-order valence-electron chi connectivity index (χ2n) is 16.5. The molecule has 4 heteroatoms. The molecule has 0 aliphatic carbocycles. The van der Waals surface area contributed by atoms with E-state index in [2.05, 4.69) is 265 Å². The van der Waals surface area contributed by atoms with Crippen LogP contribution in [0.2, 0.25) is 0 Å². The number of fused-ring (bicyclic) bond motifs is 3. The van der Waals surface area contributed by atoms with Crippen LogP contribution in [0.15, 0.2) is 255 Å². The van der Waals surface area contributed by atoms with E-state index in [1.807, 2.05) is 22.7 Å². The maximum atomic E-state index is 2.36.